The molecule has 1 aromatic rings. The summed E-state index contributed by atoms with van der Waals surface area (Å²) < 4.78 is 5.31. The SMILES string of the molecule is CCOC(=O)C1(CNC(=O)Cc2c(C)cc(C)c(C)c2C)CCCCC1. The van der Waals surface area contributed by atoms with Crippen molar-refractivity contribution in [1.82, 2.24) is 5.32 Å². The first-order valence-corrected chi connectivity index (χ1v) is 9.81. The minimum absolute atomic E-state index is 0.0197. The molecule has 1 N–H and O–H groups in total. The lowest BCUT2D eigenvalue weighted by Crippen LogP contribution is -2.45. The first-order valence-electron chi connectivity index (χ1n) is 9.81. The summed E-state index contributed by atoms with van der Waals surface area (Å²) in [5.41, 5.74) is 5.40. The van der Waals surface area contributed by atoms with Gasteiger partial charge in [-0.2, -0.15) is 0 Å². The molecule has 2 rings (SSSR count). The number of rotatable bonds is 6. The van der Waals surface area contributed by atoms with Crippen molar-refractivity contribution in [2.45, 2.75) is 73.1 Å². The third kappa shape index (κ3) is 4.46. The van der Waals surface area contributed by atoms with E-state index >= 15 is 0 Å². The lowest BCUT2D eigenvalue weighted by molar-refractivity contribution is -0.157. The van der Waals surface area contributed by atoms with Gasteiger partial charge < -0.3 is 10.1 Å². The smallest absolute Gasteiger partial charge is 0.313 e. The Morgan fingerprint density at radius 2 is 1.69 bits per heavy atom. The quantitative estimate of drug-likeness (QED) is 0.778. The van der Waals surface area contributed by atoms with Crippen molar-refractivity contribution in [3.63, 3.8) is 0 Å². The Bertz CT molecular complexity index is 672. The molecule has 1 fully saturated rings. The van der Waals surface area contributed by atoms with Crippen LogP contribution in [0.1, 0.15) is 66.8 Å². The molecule has 1 aromatic carbocycles. The topological polar surface area (TPSA) is 55.4 Å². The van der Waals surface area contributed by atoms with Crippen LogP contribution in [0.25, 0.3) is 0 Å². The molecule has 0 spiro atoms. The van der Waals surface area contributed by atoms with E-state index in [1.165, 1.54) is 16.7 Å². The molecule has 0 bridgehead atoms. The van der Waals surface area contributed by atoms with Crippen molar-refractivity contribution in [2.75, 3.05) is 13.2 Å². The number of esters is 1. The van der Waals surface area contributed by atoms with Crippen molar-refractivity contribution in [1.29, 1.82) is 0 Å². The van der Waals surface area contributed by atoms with Crippen LogP contribution in [0.2, 0.25) is 0 Å². The zero-order chi connectivity index (χ0) is 19.3. The summed E-state index contributed by atoms with van der Waals surface area (Å²) in [6, 6.07) is 2.15. The van der Waals surface area contributed by atoms with E-state index in [9.17, 15) is 9.59 Å². The minimum Gasteiger partial charge on any atom is -0.466 e. The molecule has 0 radical (unpaired) electrons. The number of amides is 1. The Balaban J connectivity index is 2.07. The maximum absolute atomic E-state index is 12.6. The maximum Gasteiger partial charge on any atom is 0.313 e. The lowest BCUT2D eigenvalue weighted by Gasteiger charge is -2.34. The van der Waals surface area contributed by atoms with Gasteiger partial charge in [-0.05, 0) is 75.3 Å². The summed E-state index contributed by atoms with van der Waals surface area (Å²) in [4.78, 5) is 25.1. The zero-order valence-electron chi connectivity index (χ0n) is 17.0. The Morgan fingerprint density at radius 3 is 2.31 bits per heavy atom. The molecule has 0 atom stereocenters. The van der Waals surface area contributed by atoms with E-state index in [-0.39, 0.29) is 11.9 Å². The third-order valence-electron chi connectivity index (χ3n) is 6.00. The molecule has 0 unspecified atom stereocenters. The molecule has 0 heterocycles. The highest BCUT2D eigenvalue weighted by atomic mass is 16.5. The molecule has 144 valence electrons. The summed E-state index contributed by atoms with van der Waals surface area (Å²) >= 11 is 0. The monoisotopic (exact) mass is 359 g/mol. The van der Waals surface area contributed by atoms with Crippen LogP contribution in [0, 0.1) is 33.1 Å². The summed E-state index contributed by atoms with van der Waals surface area (Å²) in [6.45, 7) is 10.9. The molecule has 26 heavy (non-hydrogen) atoms. The second kappa shape index (κ2) is 8.70. The first kappa shape index (κ1) is 20.5. The van der Waals surface area contributed by atoms with Gasteiger partial charge in [0, 0.05) is 6.54 Å². The van der Waals surface area contributed by atoms with Crippen LogP contribution in [0.5, 0.6) is 0 Å². The fourth-order valence-corrected chi connectivity index (χ4v) is 4.07. The number of aryl methyl sites for hydroxylation is 2. The normalized spacial score (nSPS) is 16.2. The van der Waals surface area contributed by atoms with Crippen LogP contribution < -0.4 is 5.32 Å². The number of carbonyl (C=O) groups is 2. The highest BCUT2D eigenvalue weighted by Gasteiger charge is 2.41. The van der Waals surface area contributed by atoms with E-state index < -0.39 is 5.41 Å². The number of hydrogen-bond donors (Lipinski definition) is 1. The van der Waals surface area contributed by atoms with E-state index in [4.69, 9.17) is 4.74 Å². The van der Waals surface area contributed by atoms with Gasteiger partial charge in [0.15, 0.2) is 0 Å². The summed E-state index contributed by atoms with van der Waals surface area (Å²) in [5.74, 6) is -0.174. The fourth-order valence-electron chi connectivity index (χ4n) is 4.07. The van der Waals surface area contributed by atoms with Gasteiger partial charge in [0.1, 0.15) is 0 Å². The Morgan fingerprint density at radius 1 is 1.04 bits per heavy atom. The van der Waals surface area contributed by atoms with Gasteiger partial charge in [-0.25, -0.2) is 0 Å². The van der Waals surface area contributed by atoms with E-state index in [0.717, 1.165) is 43.2 Å². The first-order chi connectivity index (χ1) is 12.3. The van der Waals surface area contributed by atoms with Crippen LogP contribution in [0.15, 0.2) is 6.07 Å². The predicted molar refractivity (Wildman–Crippen MR) is 104 cm³/mol. The van der Waals surface area contributed by atoms with Crippen LogP contribution in [-0.4, -0.2) is 25.0 Å². The van der Waals surface area contributed by atoms with Crippen LogP contribution in [0.3, 0.4) is 0 Å². The molecular weight excluding hydrogens is 326 g/mol. The third-order valence-corrected chi connectivity index (χ3v) is 6.00. The Kier molecular flexibility index (Phi) is 6.85. The highest BCUT2D eigenvalue weighted by Crippen LogP contribution is 2.37. The maximum atomic E-state index is 12.6. The van der Waals surface area contributed by atoms with Gasteiger partial charge in [0.25, 0.3) is 0 Å². The van der Waals surface area contributed by atoms with Gasteiger partial charge in [-0.1, -0.05) is 25.3 Å². The lowest BCUT2D eigenvalue weighted by atomic mass is 9.74. The van der Waals surface area contributed by atoms with E-state index in [1.54, 1.807) is 0 Å². The average Bonchev–Trinajstić information content (AvgIpc) is 2.63. The van der Waals surface area contributed by atoms with Crippen LogP contribution >= 0.6 is 0 Å². The average molecular weight is 360 g/mol. The van der Waals surface area contributed by atoms with Gasteiger partial charge in [-0.15, -0.1) is 0 Å². The molecule has 4 heteroatoms. The second-order valence-electron chi connectivity index (χ2n) is 7.75. The Hall–Kier alpha value is -1.84. The largest absolute Gasteiger partial charge is 0.466 e. The molecule has 1 saturated carbocycles. The van der Waals surface area contributed by atoms with Crippen LogP contribution in [0.4, 0.5) is 0 Å². The molecule has 0 aliphatic heterocycles. The number of carbonyl (C=O) groups excluding carboxylic acids is 2. The fraction of sp³-hybridized carbons (Fsp3) is 0.636. The number of benzene rings is 1. The van der Waals surface area contributed by atoms with Crippen LogP contribution in [-0.2, 0) is 20.7 Å². The second-order valence-corrected chi connectivity index (χ2v) is 7.75. The summed E-state index contributed by atoms with van der Waals surface area (Å²) in [5, 5.41) is 3.03. The number of hydrogen-bond acceptors (Lipinski definition) is 3. The molecule has 4 nitrogen and oxygen atoms in total. The van der Waals surface area contributed by atoms with Crippen molar-refractivity contribution in [2.24, 2.45) is 5.41 Å². The van der Waals surface area contributed by atoms with Gasteiger partial charge in [0.2, 0.25) is 5.91 Å². The zero-order valence-corrected chi connectivity index (χ0v) is 17.0. The number of nitrogens with one attached hydrogen (secondary N) is 1. The van der Waals surface area contributed by atoms with Crippen molar-refractivity contribution >= 4 is 11.9 Å². The highest BCUT2D eigenvalue weighted by molar-refractivity contribution is 5.82. The summed E-state index contributed by atoms with van der Waals surface area (Å²) in [6.07, 6.45) is 5.14. The molecular formula is C22H33NO3. The van der Waals surface area contributed by atoms with Gasteiger partial charge in [0.05, 0.1) is 18.4 Å². The van der Waals surface area contributed by atoms with Gasteiger partial charge in [-0.3, -0.25) is 9.59 Å². The number of ether oxygens (including phenoxy) is 1. The minimum atomic E-state index is -0.544. The predicted octanol–water partition coefficient (Wildman–Crippen LogP) is 4.09. The van der Waals surface area contributed by atoms with Crippen molar-refractivity contribution in [3.05, 3.63) is 33.9 Å². The Labute approximate surface area is 157 Å². The molecule has 1 amide bonds. The molecule has 1 aliphatic carbocycles. The van der Waals surface area contributed by atoms with E-state index in [2.05, 4.69) is 39.1 Å². The molecule has 0 aromatic heterocycles. The standard InChI is InChI=1S/C22H33NO3/c1-6-26-21(25)22(10-8-7-9-11-22)14-23-20(24)13-19-16(3)12-15(2)17(4)18(19)5/h12H,6-11,13-14H2,1-5H3,(H,23,24). The van der Waals surface area contributed by atoms with Crippen molar-refractivity contribution in [3.8, 4) is 0 Å². The van der Waals surface area contributed by atoms with Gasteiger partial charge >= 0.3 is 5.97 Å². The molecule has 0 saturated heterocycles. The van der Waals surface area contributed by atoms with E-state index in [0.29, 0.717) is 19.6 Å². The molecule has 1 aliphatic rings. The summed E-state index contributed by atoms with van der Waals surface area (Å²) in [7, 11) is 0. The van der Waals surface area contributed by atoms with Crippen molar-refractivity contribution < 1.29 is 14.3 Å². The van der Waals surface area contributed by atoms with E-state index in [1.807, 2.05) is 6.92 Å².